The minimum Gasteiger partial charge on any atom is -0.393 e. The third kappa shape index (κ3) is 2.61. The van der Waals surface area contributed by atoms with Crippen molar-refractivity contribution in [3.05, 3.63) is 12.3 Å². The second kappa shape index (κ2) is 4.65. The maximum atomic E-state index is 9.17. The second-order valence-corrected chi connectivity index (χ2v) is 4.51. The van der Waals surface area contributed by atoms with Crippen LogP contribution in [0, 0.1) is 5.92 Å². The number of anilines is 2. The molecule has 0 aromatic carbocycles. The van der Waals surface area contributed by atoms with Crippen molar-refractivity contribution in [3.63, 3.8) is 0 Å². The summed E-state index contributed by atoms with van der Waals surface area (Å²) in [6.07, 6.45) is 3.46. The molecule has 0 saturated heterocycles. The van der Waals surface area contributed by atoms with Crippen molar-refractivity contribution in [2.24, 2.45) is 5.92 Å². The van der Waals surface area contributed by atoms with Gasteiger partial charge >= 0.3 is 0 Å². The number of rotatable bonds is 4. The number of hydrogen-bond donors (Lipinski definition) is 2. The molecule has 16 heavy (non-hydrogen) atoms. The Bertz CT molecular complexity index is 350. The van der Waals surface area contributed by atoms with E-state index in [0.717, 1.165) is 25.2 Å². The number of nitrogens with one attached hydrogen (secondary N) is 1. The minimum atomic E-state index is -0.0884. The van der Waals surface area contributed by atoms with Crippen LogP contribution >= 0.6 is 0 Å². The van der Waals surface area contributed by atoms with Gasteiger partial charge in [-0.3, -0.25) is 0 Å². The molecule has 5 heteroatoms. The van der Waals surface area contributed by atoms with E-state index in [1.54, 1.807) is 6.20 Å². The van der Waals surface area contributed by atoms with Crippen molar-refractivity contribution in [2.75, 3.05) is 30.9 Å². The highest BCUT2D eigenvalue weighted by atomic mass is 16.3. The third-order valence-corrected chi connectivity index (χ3v) is 2.83. The molecule has 2 N–H and O–H groups in total. The van der Waals surface area contributed by atoms with Crippen molar-refractivity contribution >= 4 is 11.8 Å². The molecule has 0 bridgehead atoms. The molecule has 1 fully saturated rings. The first kappa shape index (κ1) is 11.1. The van der Waals surface area contributed by atoms with Crippen LogP contribution in [0.25, 0.3) is 0 Å². The van der Waals surface area contributed by atoms with E-state index in [2.05, 4.69) is 15.3 Å². The quantitative estimate of drug-likeness (QED) is 0.786. The Hall–Kier alpha value is -1.36. The van der Waals surface area contributed by atoms with Crippen LogP contribution in [-0.2, 0) is 0 Å². The van der Waals surface area contributed by atoms with E-state index < -0.39 is 0 Å². The zero-order valence-electron chi connectivity index (χ0n) is 9.72. The predicted molar refractivity (Wildman–Crippen MR) is 63.6 cm³/mol. The Balaban J connectivity index is 1.86. The molecule has 5 nitrogen and oxygen atoms in total. The average molecular weight is 222 g/mol. The number of hydrogen-bond acceptors (Lipinski definition) is 5. The highest BCUT2D eigenvalue weighted by Crippen LogP contribution is 2.27. The molecular formula is C11H18N4O. The largest absolute Gasteiger partial charge is 0.393 e. The van der Waals surface area contributed by atoms with Crippen LogP contribution < -0.4 is 10.2 Å². The van der Waals surface area contributed by atoms with E-state index in [0.29, 0.717) is 11.9 Å². The fraction of sp³-hybridized carbons (Fsp3) is 0.636. The Kier molecular flexibility index (Phi) is 3.24. The third-order valence-electron chi connectivity index (χ3n) is 2.83. The van der Waals surface area contributed by atoms with Gasteiger partial charge in [0.05, 0.1) is 6.10 Å². The number of nitrogens with zero attached hydrogens (tertiary/aromatic N) is 3. The van der Waals surface area contributed by atoms with Gasteiger partial charge in [0.1, 0.15) is 5.82 Å². The summed E-state index contributed by atoms with van der Waals surface area (Å²) in [4.78, 5) is 10.4. The molecule has 1 heterocycles. The summed E-state index contributed by atoms with van der Waals surface area (Å²) >= 11 is 0. The number of aliphatic hydroxyl groups is 1. The first-order chi connectivity index (χ1) is 7.65. The number of aliphatic hydroxyl groups excluding tert-OH is 1. The van der Waals surface area contributed by atoms with Gasteiger partial charge in [0.2, 0.25) is 5.95 Å². The summed E-state index contributed by atoms with van der Waals surface area (Å²) in [5.74, 6) is 2.13. The van der Waals surface area contributed by atoms with E-state index in [1.807, 2.05) is 25.1 Å². The SMILES string of the molecule is CN(C)c1nccc(NCC2CC(O)C2)n1. The summed E-state index contributed by atoms with van der Waals surface area (Å²) in [5.41, 5.74) is 0. The van der Waals surface area contributed by atoms with Crippen molar-refractivity contribution in [3.8, 4) is 0 Å². The van der Waals surface area contributed by atoms with Gasteiger partial charge in [-0.25, -0.2) is 4.98 Å². The molecule has 0 spiro atoms. The molecule has 2 rings (SSSR count). The lowest BCUT2D eigenvalue weighted by Crippen LogP contribution is -2.33. The molecule has 1 aliphatic carbocycles. The Morgan fingerprint density at radius 2 is 2.25 bits per heavy atom. The van der Waals surface area contributed by atoms with Gasteiger partial charge in [0.25, 0.3) is 0 Å². The topological polar surface area (TPSA) is 61.3 Å². The summed E-state index contributed by atoms with van der Waals surface area (Å²) in [5, 5.41) is 12.4. The summed E-state index contributed by atoms with van der Waals surface area (Å²) in [6, 6.07) is 1.86. The first-order valence-electron chi connectivity index (χ1n) is 5.57. The van der Waals surface area contributed by atoms with Crippen LogP contribution in [0.15, 0.2) is 12.3 Å². The van der Waals surface area contributed by atoms with Crippen LogP contribution in [0.2, 0.25) is 0 Å². The molecule has 0 unspecified atom stereocenters. The zero-order valence-corrected chi connectivity index (χ0v) is 9.72. The lowest BCUT2D eigenvalue weighted by molar-refractivity contribution is 0.0486. The molecule has 0 atom stereocenters. The van der Waals surface area contributed by atoms with E-state index in [-0.39, 0.29) is 6.10 Å². The van der Waals surface area contributed by atoms with Crippen LogP contribution in [0.5, 0.6) is 0 Å². The monoisotopic (exact) mass is 222 g/mol. The molecule has 1 saturated carbocycles. The van der Waals surface area contributed by atoms with Gasteiger partial charge in [-0.2, -0.15) is 4.98 Å². The van der Waals surface area contributed by atoms with Crippen LogP contribution in [0.1, 0.15) is 12.8 Å². The Morgan fingerprint density at radius 3 is 2.88 bits per heavy atom. The van der Waals surface area contributed by atoms with Crippen LogP contribution in [-0.4, -0.2) is 41.8 Å². The summed E-state index contributed by atoms with van der Waals surface area (Å²) in [7, 11) is 3.84. The molecule has 88 valence electrons. The van der Waals surface area contributed by atoms with Crippen molar-refractivity contribution in [1.82, 2.24) is 9.97 Å². The average Bonchev–Trinajstić information content (AvgIpc) is 2.23. The smallest absolute Gasteiger partial charge is 0.226 e. The predicted octanol–water partition coefficient (Wildman–Crippen LogP) is 0.725. The van der Waals surface area contributed by atoms with Crippen molar-refractivity contribution in [1.29, 1.82) is 0 Å². The van der Waals surface area contributed by atoms with E-state index in [1.165, 1.54) is 0 Å². The second-order valence-electron chi connectivity index (χ2n) is 4.51. The van der Waals surface area contributed by atoms with Gasteiger partial charge < -0.3 is 15.3 Å². The fourth-order valence-corrected chi connectivity index (χ4v) is 1.78. The van der Waals surface area contributed by atoms with Crippen molar-refractivity contribution < 1.29 is 5.11 Å². The van der Waals surface area contributed by atoms with E-state index in [9.17, 15) is 5.11 Å². The van der Waals surface area contributed by atoms with Crippen LogP contribution in [0.4, 0.5) is 11.8 Å². The molecule has 1 aromatic rings. The van der Waals surface area contributed by atoms with E-state index in [4.69, 9.17) is 0 Å². The normalized spacial score (nSPS) is 23.7. The van der Waals surface area contributed by atoms with Gasteiger partial charge in [-0.1, -0.05) is 0 Å². The maximum Gasteiger partial charge on any atom is 0.226 e. The van der Waals surface area contributed by atoms with Gasteiger partial charge in [0, 0.05) is 26.8 Å². The van der Waals surface area contributed by atoms with Gasteiger partial charge in [-0.15, -0.1) is 0 Å². The standard InChI is InChI=1S/C11H18N4O/c1-15(2)11-12-4-3-10(14-11)13-7-8-5-9(16)6-8/h3-4,8-9,16H,5-7H2,1-2H3,(H,12,13,14). The summed E-state index contributed by atoms with van der Waals surface area (Å²) < 4.78 is 0. The Labute approximate surface area is 95.5 Å². The van der Waals surface area contributed by atoms with Crippen molar-refractivity contribution in [2.45, 2.75) is 18.9 Å². The zero-order chi connectivity index (χ0) is 11.5. The van der Waals surface area contributed by atoms with E-state index >= 15 is 0 Å². The number of aromatic nitrogens is 2. The molecule has 0 aliphatic heterocycles. The summed E-state index contributed by atoms with van der Waals surface area (Å²) in [6.45, 7) is 0.876. The lowest BCUT2D eigenvalue weighted by Gasteiger charge is -2.31. The maximum absolute atomic E-state index is 9.17. The first-order valence-corrected chi connectivity index (χ1v) is 5.57. The van der Waals surface area contributed by atoms with Gasteiger partial charge in [-0.05, 0) is 24.8 Å². The molecule has 1 aromatic heterocycles. The fourth-order valence-electron chi connectivity index (χ4n) is 1.78. The van der Waals surface area contributed by atoms with Gasteiger partial charge in [0.15, 0.2) is 0 Å². The highest BCUT2D eigenvalue weighted by molar-refractivity contribution is 5.40. The molecule has 0 radical (unpaired) electrons. The Morgan fingerprint density at radius 1 is 1.50 bits per heavy atom. The molecule has 0 amide bonds. The lowest BCUT2D eigenvalue weighted by atomic mass is 9.82. The molecular weight excluding hydrogens is 204 g/mol. The minimum absolute atomic E-state index is 0.0884. The molecule has 1 aliphatic rings. The highest BCUT2D eigenvalue weighted by Gasteiger charge is 2.26. The van der Waals surface area contributed by atoms with Crippen LogP contribution in [0.3, 0.4) is 0 Å².